The molecule has 0 bridgehead atoms. The number of nitrogens with two attached hydrogens (primary N) is 1. The fourth-order valence-corrected chi connectivity index (χ4v) is 3.10. The SMILES string of the molecule is Cc1ncc(CN2CCC(OCCCN)CC2)s1. The van der Waals surface area contributed by atoms with Crippen LogP contribution in [0.2, 0.25) is 0 Å². The summed E-state index contributed by atoms with van der Waals surface area (Å²) in [5.74, 6) is 0. The summed E-state index contributed by atoms with van der Waals surface area (Å²) < 4.78 is 5.81. The van der Waals surface area contributed by atoms with E-state index in [-0.39, 0.29) is 0 Å². The predicted molar refractivity (Wildman–Crippen MR) is 74.8 cm³/mol. The smallest absolute Gasteiger partial charge is 0.0897 e. The van der Waals surface area contributed by atoms with Crippen molar-refractivity contribution in [3.8, 4) is 0 Å². The van der Waals surface area contributed by atoms with Gasteiger partial charge in [-0.3, -0.25) is 4.90 Å². The number of hydrogen-bond acceptors (Lipinski definition) is 5. The summed E-state index contributed by atoms with van der Waals surface area (Å²) in [5, 5.41) is 1.16. The zero-order chi connectivity index (χ0) is 12.8. The second kappa shape index (κ2) is 7.19. The van der Waals surface area contributed by atoms with Gasteiger partial charge in [-0.25, -0.2) is 4.98 Å². The van der Waals surface area contributed by atoms with Crippen molar-refractivity contribution in [2.45, 2.75) is 38.8 Å². The van der Waals surface area contributed by atoms with E-state index in [1.165, 1.54) is 4.88 Å². The Bertz CT molecular complexity index is 348. The lowest BCUT2D eigenvalue weighted by Gasteiger charge is -2.31. The summed E-state index contributed by atoms with van der Waals surface area (Å²) in [6, 6.07) is 0. The molecule has 5 heteroatoms. The van der Waals surface area contributed by atoms with Gasteiger partial charge >= 0.3 is 0 Å². The lowest BCUT2D eigenvalue weighted by atomic mass is 10.1. The summed E-state index contributed by atoms with van der Waals surface area (Å²) in [5.41, 5.74) is 5.46. The first-order valence-electron chi connectivity index (χ1n) is 6.73. The quantitative estimate of drug-likeness (QED) is 0.800. The molecule has 1 aliphatic rings. The van der Waals surface area contributed by atoms with Gasteiger partial charge in [0.15, 0.2) is 0 Å². The number of nitrogens with zero attached hydrogens (tertiary/aromatic N) is 2. The zero-order valence-corrected chi connectivity index (χ0v) is 11.9. The van der Waals surface area contributed by atoms with Crippen molar-refractivity contribution >= 4 is 11.3 Å². The van der Waals surface area contributed by atoms with Crippen molar-refractivity contribution in [2.75, 3.05) is 26.2 Å². The molecular weight excluding hydrogens is 246 g/mol. The van der Waals surface area contributed by atoms with Crippen LogP contribution in [-0.2, 0) is 11.3 Å². The molecule has 0 saturated carbocycles. The third-order valence-electron chi connectivity index (χ3n) is 3.29. The van der Waals surface area contributed by atoms with Gasteiger partial charge in [0.1, 0.15) is 0 Å². The van der Waals surface area contributed by atoms with E-state index in [1.54, 1.807) is 11.3 Å². The van der Waals surface area contributed by atoms with Gasteiger partial charge in [-0.05, 0) is 32.7 Å². The molecule has 1 saturated heterocycles. The Morgan fingerprint density at radius 1 is 1.50 bits per heavy atom. The third-order valence-corrected chi connectivity index (χ3v) is 4.18. The molecule has 0 spiro atoms. The molecule has 0 aliphatic carbocycles. The lowest BCUT2D eigenvalue weighted by Crippen LogP contribution is -2.36. The first-order valence-corrected chi connectivity index (χ1v) is 7.55. The van der Waals surface area contributed by atoms with Crippen molar-refractivity contribution in [3.63, 3.8) is 0 Å². The van der Waals surface area contributed by atoms with Crippen molar-refractivity contribution < 1.29 is 4.74 Å². The van der Waals surface area contributed by atoms with Crippen LogP contribution in [-0.4, -0.2) is 42.2 Å². The van der Waals surface area contributed by atoms with Crippen molar-refractivity contribution in [1.29, 1.82) is 0 Å². The Morgan fingerprint density at radius 2 is 2.28 bits per heavy atom. The number of rotatable bonds is 6. The molecular formula is C13H23N3OS. The van der Waals surface area contributed by atoms with Gasteiger partial charge in [0, 0.05) is 37.3 Å². The Balaban J connectivity index is 1.67. The van der Waals surface area contributed by atoms with E-state index in [0.29, 0.717) is 6.10 Å². The summed E-state index contributed by atoms with van der Waals surface area (Å²) in [6.07, 6.45) is 5.70. The predicted octanol–water partition coefficient (Wildman–Crippen LogP) is 1.78. The van der Waals surface area contributed by atoms with Crippen LogP contribution in [0.1, 0.15) is 29.1 Å². The molecule has 0 amide bonds. The van der Waals surface area contributed by atoms with E-state index in [4.69, 9.17) is 10.5 Å². The molecule has 1 fully saturated rings. The van der Waals surface area contributed by atoms with Crippen LogP contribution in [0.15, 0.2) is 6.20 Å². The molecule has 2 N–H and O–H groups in total. The van der Waals surface area contributed by atoms with Crippen LogP contribution < -0.4 is 5.73 Å². The molecule has 0 aromatic carbocycles. The minimum Gasteiger partial charge on any atom is -0.378 e. The van der Waals surface area contributed by atoms with Gasteiger partial charge in [0.05, 0.1) is 11.1 Å². The molecule has 1 aromatic rings. The Kier molecular flexibility index (Phi) is 5.56. The molecule has 0 atom stereocenters. The topological polar surface area (TPSA) is 51.4 Å². The maximum atomic E-state index is 5.81. The molecule has 18 heavy (non-hydrogen) atoms. The van der Waals surface area contributed by atoms with Gasteiger partial charge in [0.25, 0.3) is 0 Å². The highest BCUT2D eigenvalue weighted by Crippen LogP contribution is 2.19. The summed E-state index contributed by atoms with van der Waals surface area (Å²) >= 11 is 1.80. The van der Waals surface area contributed by atoms with Crippen molar-refractivity contribution in [3.05, 3.63) is 16.1 Å². The molecule has 1 aliphatic heterocycles. The number of aromatic nitrogens is 1. The number of ether oxygens (including phenoxy) is 1. The number of hydrogen-bond donors (Lipinski definition) is 1. The van der Waals surface area contributed by atoms with Crippen LogP contribution >= 0.6 is 11.3 Å². The zero-order valence-electron chi connectivity index (χ0n) is 11.1. The molecule has 1 aromatic heterocycles. The fourth-order valence-electron chi connectivity index (χ4n) is 2.27. The molecule has 0 radical (unpaired) electrons. The summed E-state index contributed by atoms with van der Waals surface area (Å²) in [7, 11) is 0. The van der Waals surface area contributed by atoms with E-state index >= 15 is 0 Å². The first kappa shape index (κ1) is 13.9. The highest BCUT2D eigenvalue weighted by atomic mass is 32.1. The Labute approximate surface area is 113 Å². The molecule has 2 rings (SSSR count). The largest absolute Gasteiger partial charge is 0.378 e. The summed E-state index contributed by atoms with van der Waals surface area (Å²) in [4.78, 5) is 8.17. The minimum absolute atomic E-state index is 0.441. The van der Waals surface area contributed by atoms with E-state index in [0.717, 1.165) is 57.1 Å². The van der Waals surface area contributed by atoms with Gasteiger partial charge in [0.2, 0.25) is 0 Å². The van der Waals surface area contributed by atoms with Gasteiger partial charge in [-0.2, -0.15) is 0 Å². The summed E-state index contributed by atoms with van der Waals surface area (Å²) in [6.45, 7) is 6.90. The average molecular weight is 269 g/mol. The van der Waals surface area contributed by atoms with Gasteiger partial charge < -0.3 is 10.5 Å². The molecule has 0 unspecified atom stereocenters. The highest BCUT2D eigenvalue weighted by Gasteiger charge is 2.19. The van der Waals surface area contributed by atoms with E-state index < -0.39 is 0 Å². The Morgan fingerprint density at radius 3 is 2.89 bits per heavy atom. The van der Waals surface area contributed by atoms with Gasteiger partial charge in [-0.15, -0.1) is 11.3 Å². The number of piperidine rings is 1. The monoisotopic (exact) mass is 269 g/mol. The maximum absolute atomic E-state index is 5.81. The number of likely N-dealkylation sites (tertiary alicyclic amines) is 1. The normalized spacial score (nSPS) is 18.3. The van der Waals surface area contributed by atoms with Crippen LogP contribution in [0.4, 0.5) is 0 Å². The highest BCUT2D eigenvalue weighted by molar-refractivity contribution is 7.11. The maximum Gasteiger partial charge on any atom is 0.0897 e. The fraction of sp³-hybridized carbons (Fsp3) is 0.769. The van der Waals surface area contributed by atoms with Crippen molar-refractivity contribution in [1.82, 2.24) is 9.88 Å². The first-order chi connectivity index (χ1) is 8.78. The van der Waals surface area contributed by atoms with Crippen LogP contribution in [0.25, 0.3) is 0 Å². The molecule has 102 valence electrons. The molecule has 2 heterocycles. The van der Waals surface area contributed by atoms with Crippen molar-refractivity contribution in [2.24, 2.45) is 5.73 Å². The lowest BCUT2D eigenvalue weighted by molar-refractivity contribution is 0.00581. The van der Waals surface area contributed by atoms with E-state index in [1.807, 2.05) is 6.20 Å². The van der Waals surface area contributed by atoms with Gasteiger partial charge in [-0.1, -0.05) is 0 Å². The van der Waals surface area contributed by atoms with Crippen LogP contribution in [0.5, 0.6) is 0 Å². The average Bonchev–Trinajstić information content (AvgIpc) is 2.77. The molecule has 4 nitrogen and oxygen atoms in total. The van der Waals surface area contributed by atoms with E-state index in [2.05, 4.69) is 16.8 Å². The van der Waals surface area contributed by atoms with Crippen LogP contribution in [0.3, 0.4) is 0 Å². The second-order valence-electron chi connectivity index (χ2n) is 4.83. The third kappa shape index (κ3) is 4.31. The second-order valence-corrected chi connectivity index (χ2v) is 6.15. The standard InChI is InChI=1S/C13H23N3OS/c1-11-15-9-13(18-11)10-16-6-3-12(4-7-16)17-8-2-5-14/h9,12H,2-8,10,14H2,1H3. The Hall–Kier alpha value is -0.490. The number of thiazole rings is 1. The number of aryl methyl sites for hydroxylation is 1. The minimum atomic E-state index is 0.441. The van der Waals surface area contributed by atoms with Crippen LogP contribution in [0, 0.1) is 6.92 Å². The van der Waals surface area contributed by atoms with E-state index in [9.17, 15) is 0 Å².